The Hall–Kier alpha value is -2.21. The van der Waals surface area contributed by atoms with Gasteiger partial charge in [-0.25, -0.2) is 4.79 Å². The van der Waals surface area contributed by atoms with Crippen molar-refractivity contribution in [3.05, 3.63) is 35.9 Å². The summed E-state index contributed by atoms with van der Waals surface area (Å²) in [4.78, 5) is 37.7. The Kier molecular flexibility index (Phi) is 6.93. The van der Waals surface area contributed by atoms with Crippen molar-refractivity contribution in [3.63, 3.8) is 0 Å². The SMILES string of the molecule is CCCNC(=O)NC(=O)CN1CCC(C(=O)c2ccccc2)CC1. The molecule has 6 nitrogen and oxygen atoms in total. The van der Waals surface area contributed by atoms with Crippen LogP contribution in [-0.4, -0.2) is 48.8 Å². The molecule has 1 fully saturated rings. The lowest BCUT2D eigenvalue weighted by Gasteiger charge is -2.30. The first-order chi connectivity index (χ1) is 11.6. The second-order valence-corrected chi connectivity index (χ2v) is 6.08. The van der Waals surface area contributed by atoms with Gasteiger partial charge in [0.25, 0.3) is 0 Å². The first kappa shape index (κ1) is 18.1. The van der Waals surface area contributed by atoms with Crippen LogP contribution in [0.2, 0.25) is 0 Å². The number of hydrogen-bond donors (Lipinski definition) is 2. The molecule has 1 aromatic carbocycles. The number of likely N-dealkylation sites (tertiary alicyclic amines) is 1. The number of urea groups is 1. The lowest BCUT2D eigenvalue weighted by molar-refractivity contribution is -0.121. The summed E-state index contributed by atoms with van der Waals surface area (Å²) in [7, 11) is 0. The quantitative estimate of drug-likeness (QED) is 0.780. The van der Waals surface area contributed by atoms with E-state index in [9.17, 15) is 14.4 Å². The van der Waals surface area contributed by atoms with Crippen LogP contribution in [0.15, 0.2) is 30.3 Å². The zero-order valence-electron chi connectivity index (χ0n) is 14.1. The molecule has 0 radical (unpaired) electrons. The number of amides is 3. The van der Waals surface area contributed by atoms with Crippen LogP contribution in [0.1, 0.15) is 36.5 Å². The normalized spacial score (nSPS) is 15.7. The van der Waals surface area contributed by atoms with Crippen LogP contribution in [0, 0.1) is 5.92 Å². The number of rotatable bonds is 6. The molecule has 24 heavy (non-hydrogen) atoms. The van der Waals surface area contributed by atoms with Gasteiger partial charge in [-0.3, -0.25) is 19.8 Å². The average Bonchev–Trinajstić information content (AvgIpc) is 2.60. The molecule has 0 aliphatic carbocycles. The Morgan fingerprint density at radius 1 is 1.12 bits per heavy atom. The summed E-state index contributed by atoms with van der Waals surface area (Å²) in [6.07, 6.45) is 2.30. The van der Waals surface area contributed by atoms with Gasteiger partial charge >= 0.3 is 6.03 Å². The number of benzene rings is 1. The van der Waals surface area contributed by atoms with Crippen LogP contribution in [-0.2, 0) is 4.79 Å². The van der Waals surface area contributed by atoms with E-state index in [4.69, 9.17) is 0 Å². The molecule has 1 saturated heterocycles. The molecule has 1 aliphatic rings. The maximum absolute atomic E-state index is 12.4. The fourth-order valence-electron chi connectivity index (χ4n) is 2.84. The van der Waals surface area contributed by atoms with Crippen molar-refractivity contribution in [2.45, 2.75) is 26.2 Å². The highest BCUT2D eigenvalue weighted by molar-refractivity contribution is 5.98. The van der Waals surface area contributed by atoms with Crippen LogP contribution in [0.4, 0.5) is 4.79 Å². The van der Waals surface area contributed by atoms with E-state index < -0.39 is 6.03 Å². The smallest absolute Gasteiger partial charge is 0.321 e. The summed E-state index contributed by atoms with van der Waals surface area (Å²) < 4.78 is 0. The van der Waals surface area contributed by atoms with Crippen LogP contribution in [0.5, 0.6) is 0 Å². The van der Waals surface area contributed by atoms with Crippen LogP contribution in [0.3, 0.4) is 0 Å². The van der Waals surface area contributed by atoms with Gasteiger partial charge in [0.2, 0.25) is 5.91 Å². The molecule has 0 bridgehead atoms. The molecule has 0 atom stereocenters. The third-order valence-electron chi connectivity index (χ3n) is 4.17. The lowest BCUT2D eigenvalue weighted by Crippen LogP contribution is -2.46. The van der Waals surface area contributed by atoms with Crippen molar-refractivity contribution in [1.82, 2.24) is 15.5 Å². The predicted molar refractivity (Wildman–Crippen MR) is 91.8 cm³/mol. The maximum Gasteiger partial charge on any atom is 0.321 e. The van der Waals surface area contributed by atoms with E-state index in [1.165, 1.54) is 0 Å². The van der Waals surface area contributed by atoms with Crippen molar-refractivity contribution in [2.75, 3.05) is 26.2 Å². The molecule has 2 N–H and O–H groups in total. The summed E-state index contributed by atoms with van der Waals surface area (Å²) in [6.45, 7) is 4.06. The Labute approximate surface area is 142 Å². The minimum Gasteiger partial charge on any atom is -0.338 e. The van der Waals surface area contributed by atoms with E-state index in [-0.39, 0.29) is 24.2 Å². The molecule has 0 aromatic heterocycles. The molecular weight excluding hydrogens is 306 g/mol. The molecule has 0 unspecified atom stereocenters. The molecular formula is C18H25N3O3. The number of carbonyl (C=O) groups excluding carboxylic acids is 3. The van der Waals surface area contributed by atoms with Gasteiger partial charge < -0.3 is 5.32 Å². The predicted octanol–water partition coefficient (Wildman–Crippen LogP) is 1.82. The van der Waals surface area contributed by atoms with Crippen LogP contribution < -0.4 is 10.6 Å². The maximum atomic E-state index is 12.4. The first-order valence-corrected chi connectivity index (χ1v) is 8.49. The second kappa shape index (κ2) is 9.17. The summed E-state index contributed by atoms with van der Waals surface area (Å²) in [5.74, 6) is -0.116. The van der Waals surface area contributed by atoms with E-state index in [0.29, 0.717) is 19.6 Å². The van der Waals surface area contributed by atoms with Crippen molar-refractivity contribution in [1.29, 1.82) is 0 Å². The van der Waals surface area contributed by atoms with E-state index in [1.807, 2.05) is 42.2 Å². The molecule has 3 amide bonds. The van der Waals surface area contributed by atoms with Gasteiger partial charge in [-0.05, 0) is 32.4 Å². The summed E-state index contributed by atoms with van der Waals surface area (Å²) >= 11 is 0. The summed E-state index contributed by atoms with van der Waals surface area (Å²) in [5, 5.41) is 4.93. The van der Waals surface area contributed by atoms with Crippen molar-refractivity contribution >= 4 is 17.7 Å². The largest absolute Gasteiger partial charge is 0.338 e. The van der Waals surface area contributed by atoms with Crippen molar-refractivity contribution in [2.24, 2.45) is 5.92 Å². The van der Waals surface area contributed by atoms with Gasteiger partial charge in [0.1, 0.15) is 0 Å². The highest BCUT2D eigenvalue weighted by atomic mass is 16.2. The Morgan fingerprint density at radius 2 is 1.79 bits per heavy atom. The van der Waals surface area contributed by atoms with Crippen molar-refractivity contribution in [3.8, 4) is 0 Å². The molecule has 2 rings (SSSR count). The third-order valence-corrected chi connectivity index (χ3v) is 4.17. The number of piperidine rings is 1. The molecule has 6 heteroatoms. The Bertz CT molecular complexity index is 566. The molecule has 1 aliphatic heterocycles. The van der Waals surface area contributed by atoms with Gasteiger partial charge in [0.05, 0.1) is 6.54 Å². The van der Waals surface area contributed by atoms with Gasteiger partial charge in [0.15, 0.2) is 5.78 Å². The highest BCUT2D eigenvalue weighted by Gasteiger charge is 2.26. The lowest BCUT2D eigenvalue weighted by atomic mass is 9.89. The number of hydrogen-bond acceptors (Lipinski definition) is 4. The first-order valence-electron chi connectivity index (χ1n) is 8.49. The number of nitrogens with zero attached hydrogens (tertiary/aromatic N) is 1. The fraction of sp³-hybridized carbons (Fsp3) is 0.500. The fourth-order valence-corrected chi connectivity index (χ4v) is 2.84. The van der Waals surface area contributed by atoms with E-state index in [1.54, 1.807) is 0 Å². The topological polar surface area (TPSA) is 78.5 Å². The molecule has 0 spiro atoms. The highest BCUT2D eigenvalue weighted by Crippen LogP contribution is 2.21. The third kappa shape index (κ3) is 5.45. The standard InChI is InChI=1S/C18H25N3O3/c1-2-10-19-18(24)20-16(22)13-21-11-8-15(9-12-21)17(23)14-6-4-3-5-7-14/h3-7,15H,2,8-13H2,1H3,(H2,19,20,22,24). The zero-order valence-corrected chi connectivity index (χ0v) is 14.1. The molecule has 1 heterocycles. The van der Waals surface area contributed by atoms with E-state index in [2.05, 4.69) is 10.6 Å². The molecule has 0 saturated carbocycles. The Balaban J connectivity index is 1.73. The number of imide groups is 1. The minimum atomic E-state index is -0.448. The molecule has 1 aromatic rings. The number of ketones is 1. The average molecular weight is 331 g/mol. The van der Waals surface area contributed by atoms with Crippen LogP contribution in [0.25, 0.3) is 0 Å². The second-order valence-electron chi connectivity index (χ2n) is 6.08. The molecule has 130 valence electrons. The van der Waals surface area contributed by atoms with Crippen molar-refractivity contribution < 1.29 is 14.4 Å². The van der Waals surface area contributed by atoms with Crippen LogP contribution >= 0.6 is 0 Å². The summed E-state index contributed by atoms with van der Waals surface area (Å²) in [6, 6.07) is 8.88. The monoisotopic (exact) mass is 331 g/mol. The van der Waals surface area contributed by atoms with E-state index in [0.717, 1.165) is 24.8 Å². The number of nitrogens with one attached hydrogen (secondary N) is 2. The Morgan fingerprint density at radius 3 is 2.42 bits per heavy atom. The summed E-state index contributed by atoms with van der Waals surface area (Å²) in [5.41, 5.74) is 0.751. The van der Waals surface area contributed by atoms with Gasteiger partial charge in [-0.2, -0.15) is 0 Å². The van der Waals surface area contributed by atoms with Gasteiger partial charge in [-0.15, -0.1) is 0 Å². The zero-order chi connectivity index (χ0) is 17.4. The van der Waals surface area contributed by atoms with Gasteiger partial charge in [0, 0.05) is 18.0 Å². The minimum absolute atomic E-state index is 0.0135. The van der Waals surface area contributed by atoms with E-state index >= 15 is 0 Å². The van der Waals surface area contributed by atoms with Gasteiger partial charge in [-0.1, -0.05) is 37.3 Å². The number of Topliss-reactive ketones (excluding diaryl/α,β-unsaturated/α-hetero) is 1. The number of carbonyl (C=O) groups is 3.